The number of carbonyl (C=O) groups is 1. The summed E-state index contributed by atoms with van der Waals surface area (Å²) < 4.78 is 14.9. The fraction of sp³-hybridized carbons (Fsp3) is 0.167. The molecule has 0 fully saturated rings. The summed E-state index contributed by atoms with van der Waals surface area (Å²) in [7, 11) is 0. The van der Waals surface area contributed by atoms with Gasteiger partial charge in [-0.2, -0.15) is 0 Å². The Morgan fingerprint density at radius 1 is 1.47 bits per heavy atom. The highest BCUT2D eigenvalue weighted by Crippen LogP contribution is 2.12. The highest BCUT2D eigenvalue weighted by Gasteiger charge is 2.14. The molecule has 0 aliphatic rings. The molecule has 0 aliphatic carbocycles. The summed E-state index contributed by atoms with van der Waals surface area (Å²) in [6, 6.07) is 6.28. The van der Waals surface area contributed by atoms with E-state index in [1.807, 2.05) is 0 Å². The summed E-state index contributed by atoms with van der Waals surface area (Å²) in [5.74, 6) is -0.871. The molecule has 0 unspecified atom stereocenters. The summed E-state index contributed by atoms with van der Waals surface area (Å²) in [6.45, 7) is 1.85. The van der Waals surface area contributed by atoms with Crippen molar-refractivity contribution in [3.63, 3.8) is 0 Å². The molecule has 0 spiro atoms. The SMILES string of the molecule is Cc1ncc(C(=O)O)n1Cc1ccccc1F. The number of aromatic nitrogens is 2. The van der Waals surface area contributed by atoms with Gasteiger partial charge < -0.3 is 9.67 Å². The van der Waals surface area contributed by atoms with Crippen LogP contribution in [-0.4, -0.2) is 20.6 Å². The first-order valence-electron chi connectivity index (χ1n) is 5.08. The number of halogens is 1. The Bertz CT molecular complexity index is 563. The van der Waals surface area contributed by atoms with Gasteiger partial charge in [0.15, 0.2) is 0 Å². The van der Waals surface area contributed by atoms with Crippen molar-refractivity contribution in [1.29, 1.82) is 0 Å². The maximum atomic E-state index is 13.5. The average molecular weight is 234 g/mol. The molecule has 0 saturated carbocycles. The second kappa shape index (κ2) is 4.37. The predicted octanol–water partition coefficient (Wildman–Crippen LogP) is 2.08. The molecule has 0 bridgehead atoms. The van der Waals surface area contributed by atoms with Crippen LogP contribution in [0.4, 0.5) is 4.39 Å². The van der Waals surface area contributed by atoms with E-state index in [4.69, 9.17) is 5.11 Å². The topological polar surface area (TPSA) is 55.1 Å². The molecule has 0 atom stereocenters. The van der Waals surface area contributed by atoms with Crippen molar-refractivity contribution in [2.75, 3.05) is 0 Å². The van der Waals surface area contributed by atoms with Crippen LogP contribution in [0, 0.1) is 12.7 Å². The van der Waals surface area contributed by atoms with E-state index in [1.165, 1.54) is 16.8 Å². The normalized spacial score (nSPS) is 10.5. The van der Waals surface area contributed by atoms with Gasteiger partial charge in [0.2, 0.25) is 0 Å². The zero-order chi connectivity index (χ0) is 12.4. The van der Waals surface area contributed by atoms with Crippen LogP contribution >= 0.6 is 0 Å². The van der Waals surface area contributed by atoms with Crippen LogP contribution in [0.3, 0.4) is 0 Å². The lowest BCUT2D eigenvalue weighted by Crippen LogP contribution is -2.11. The number of carboxylic acids is 1. The van der Waals surface area contributed by atoms with E-state index < -0.39 is 5.97 Å². The summed E-state index contributed by atoms with van der Waals surface area (Å²) in [6.07, 6.45) is 1.28. The Morgan fingerprint density at radius 2 is 2.18 bits per heavy atom. The van der Waals surface area contributed by atoms with Gasteiger partial charge in [-0.05, 0) is 13.0 Å². The number of carboxylic acid groups (broad SMARTS) is 1. The van der Waals surface area contributed by atoms with Crippen LogP contribution < -0.4 is 0 Å². The standard InChI is InChI=1S/C12H11FN2O2/c1-8-14-6-11(12(16)17)15(8)7-9-4-2-3-5-10(9)13/h2-6H,7H2,1H3,(H,16,17). The van der Waals surface area contributed by atoms with Gasteiger partial charge in [-0.15, -0.1) is 0 Å². The Hall–Kier alpha value is -2.17. The van der Waals surface area contributed by atoms with Crippen molar-refractivity contribution in [3.05, 3.63) is 53.4 Å². The van der Waals surface area contributed by atoms with Crippen molar-refractivity contribution >= 4 is 5.97 Å². The fourth-order valence-corrected chi connectivity index (χ4v) is 1.64. The summed E-state index contributed by atoms with van der Waals surface area (Å²) in [5.41, 5.74) is 0.502. The lowest BCUT2D eigenvalue weighted by atomic mass is 10.2. The minimum atomic E-state index is -1.07. The van der Waals surface area contributed by atoms with Crippen LogP contribution in [0.15, 0.2) is 30.5 Å². The van der Waals surface area contributed by atoms with Crippen molar-refractivity contribution < 1.29 is 14.3 Å². The van der Waals surface area contributed by atoms with E-state index in [0.717, 1.165) is 0 Å². The lowest BCUT2D eigenvalue weighted by Gasteiger charge is -2.08. The Kier molecular flexibility index (Phi) is 2.91. The lowest BCUT2D eigenvalue weighted by molar-refractivity contribution is 0.0685. The number of hydrogen-bond acceptors (Lipinski definition) is 2. The molecule has 1 aromatic heterocycles. The van der Waals surface area contributed by atoms with Crippen molar-refractivity contribution in [2.45, 2.75) is 13.5 Å². The molecule has 2 rings (SSSR count). The first-order chi connectivity index (χ1) is 8.09. The molecular formula is C12H11FN2O2. The number of aromatic carboxylic acids is 1. The van der Waals surface area contributed by atoms with Crippen LogP contribution in [0.5, 0.6) is 0 Å². The summed E-state index contributed by atoms with van der Waals surface area (Å²) >= 11 is 0. The molecule has 4 nitrogen and oxygen atoms in total. The number of aryl methyl sites for hydroxylation is 1. The van der Waals surface area contributed by atoms with Crippen LogP contribution in [0.1, 0.15) is 21.9 Å². The maximum Gasteiger partial charge on any atom is 0.354 e. The zero-order valence-electron chi connectivity index (χ0n) is 9.22. The van der Waals surface area contributed by atoms with E-state index in [2.05, 4.69) is 4.98 Å². The van der Waals surface area contributed by atoms with E-state index in [1.54, 1.807) is 25.1 Å². The number of nitrogens with zero attached hydrogens (tertiary/aromatic N) is 2. The van der Waals surface area contributed by atoms with Crippen LogP contribution in [-0.2, 0) is 6.54 Å². The molecule has 0 saturated heterocycles. The number of rotatable bonds is 3. The van der Waals surface area contributed by atoms with E-state index >= 15 is 0 Å². The van der Waals surface area contributed by atoms with Gasteiger partial charge >= 0.3 is 5.97 Å². The van der Waals surface area contributed by atoms with Gasteiger partial charge in [0.05, 0.1) is 12.7 Å². The zero-order valence-corrected chi connectivity index (χ0v) is 9.22. The fourth-order valence-electron chi connectivity index (χ4n) is 1.64. The second-order valence-corrected chi connectivity index (χ2v) is 3.67. The van der Waals surface area contributed by atoms with Gasteiger partial charge in [0.25, 0.3) is 0 Å². The maximum absolute atomic E-state index is 13.5. The van der Waals surface area contributed by atoms with Gasteiger partial charge in [-0.1, -0.05) is 18.2 Å². The Labute approximate surface area is 97.3 Å². The monoisotopic (exact) mass is 234 g/mol. The molecule has 17 heavy (non-hydrogen) atoms. The van der Waals surface area contributed by atoms with Gasteiger partial charge in [-0.25, -0.2) is 14.2 Å². The minimum absolute atomic E-state index is 0.0609. The van der Waals surface area contributed by atoms with Crippen molar-refractivity contribution in [1.82, 2.24) is 9.55 Å². The first-order valence-corrected chi connectivity index (χ1v) is 5.08. The molecule has 2 aromatic rings. The first kappa shape index (κ1) is 11.3. The molecule has 0 aliphatic heterocycles. The van der Waals surface area contributed by atoms with Crippen LogP contribution in [0.25, 0.3) is 0 Å². The van der Waals surface area contributed by atoms with Gasteiger partial charge in [0, 0.05) is 5.56 Å². The highest BCUT2D eigenvalue weighted by molar-refractivity contribution is 5.85. The largest absolute Gasteiger partial charge is 0.477 e. The second-order valence-electron chi connectivity index (χ2n) is 3.67. The molecule has 88 valence electrons. The van der Waals surface area contributed by atoms with E-state index in [9.17, 15) is 9.18 Å². The van der Waals surface area contributed by atoms with Crippen LogP contribution in [0.2, 0.25) is 0 Å². The molecule has 5 heteroatoms. The van der Waals surface area contributed by atoms with E-state index in [0.29, 0.717) is 11.4 Å². The molecule has 1 N–H and O–H groups in total. The Morgan fingerprint density at radius 3 is 2.82 bits per heavy atom. The van der Waals surface area contributed by atoms with Gasteiger partial charge in [0.1, 0.15) is 17.3 Å². The smallest absolute Gasteiger partial charge is 0.354 e. The summed E-state index contributed by atoms with van der Waals surface area (Å²) in [5, 5.41) is 8.97. The third-order valence-corrected chi connectivity index (χ3v) is 2.56. The van der Waals surface area contributed by atoms with Gasteiger partial charge in [-0.3, -0.25) is 0 Å². The number of benzene rings is 1. The number of hydrogen-bond donors (Lipinski definition) is 1. The Balaban J connectivity index is 2.39. The third kappa shape index (κ3) is 2.18. The molecule has 0 radical (unpaired) electrons. The number of imidazole rings is 1. The predicted molar refractivity (Wildman–Crippen MR) is 59.4 cm³/mol. The summed E-state index contributed by atoms with van der Waals surface area (Å²) in [4.78, 5) is 14.9. The molecular weight excluding hydrogens is 223 g/mol. The van der Waals surface area contributed by atoms with Crippen molar-refractivity contribution in [2.24, 2.45) is 0 Å². The minimum Gasteiger partial charge on any atom is -0.477 e. The highest BCUT2D eigenvalue weighted by atomic mass is 19.1. The molecule has 1 heterocycles. The molecule has 0 amide bonds. The quantitative estimate of drug-likeness (QED) is 0.884. The van der Waals surface area contributed by atoms with E-state index in [-0.39, 0.29) is 18.1 Å². The van der Waals surface area contributed by atoms with Crippen molar-refractivity contribution in [3.8, 4) is 0 Å². The third-order valence-electron chi connectivity index (χ3n) is 2.56. The molecule has 1 aromatic carbocycles. The average Bonchev–Trinajstić information content (AvgIpc) is 2.64.